The number of fused-ring (bicyclic) bond motifs is 4. The van der Waals surface area contributed by atoms with Gasteiger partial charge in [-0.15, -0.1) is 0 Å². The zero-order valence-corrected chi connectivity index (χ0v) is 14.3. The van der Waals surface area contributed by atoms with Crippen LogP contribution in [-0.2, 0) is 6.54 Å². The number of piperidine rings is 1. The molecule has 1 N–H and O–H groups in total. The number of aliphatic hydroxyl groups is 1. The molecule has 0 spiro atoms. The zero-order valence-electron chi connectivity index (χ0n) is 14.3. The standard InChI is InChI=1S/C18H29N3O2/c1-3-19(4-2)12-16(22)13-20-9-14-8-15(11-20)17-6-5-7-18(23)21(17)10-14/h5-7,14-16,22H,3-4,8-13H2,1-2H3/t14?,15-,16?/m0/s1. The number of β-amino-alcohol motifs (C(OH)–C–C–N with tert-alkyl or cyclic N) is 1. The van der Waals surface area contributed by atoms with Gasteiger partial charge >= 0.3 is 0 Å². The smallest absolute Gasteiger partial charge is 0.250 e. The Morgan fingerprint density at radius 2 is 2.04 bits per heavy atom. The molecule has 1 fully saturated rings. The Hall–Kier alpha value is -1.17. The highest BCUT2D eigenvalue weighted by atomic mass is 16.3. The number of likely N-dealkylation sites (tertiary alicyclic amines) is 1. The number of likely N-dealkylation sites (N-methyl/N-ethyl adjacent to an activating group) is 1. The number of rotatable bonds is 6. The fraction of sp³-hybridized carbons (Fsp3) is 0.722. The van der Waals surface area contributed by atoms with Crippen molar-refractivity contribution in [2.24, 2.45) is 5.92 Å². The minimum absolute atomic E-state index is 0.132. The molecular weight excluding hydrogens is 290 g/mol. The molecule has 1 saturated heterocycles. The van der Waals surface area contributed by atoms with Gasteiger partial charge in [0.25, 0.3) is 5.56 Å². The number of aromatic nitrogens is 1. The van der Waals surface area contributed by atoms with Gasteiger partial charge in [0.2, 0.25) is 0 Å². The SMILES string of the molecule is CCN(CC)CC(O)CN1CC2C[C@@H](C1)c1cccc(=O)n1C2. The Labute approximate surface area is 138 Å². The van der Waals surface area contributed by atoms with E-state index in [1.54, 1.807) is 6.07 Å². The van der Waals surface area contributed by atoms with Crippen molar-refractivity contribution >= 4 is 0 Å². The van der Waals surface area contributed by atoms with E-state index in [1.807, 2.05) is 10.6 Å². The molecule has 0 radical (unpaired) electrons. The van der Waals surface area contributed by atoms with Gasteiger partial charge in [0, 0.05) is 50.4 Å². The number of nitrogens with zero attached hydrogens (tertiary/aromatic N) is 3. The second-order valence-electron chi connectivity index (χ2n) is 7.06. The maximum atomic E-state index is 12.0. The number of hydrogen-bond acceptors (Lipinski definition) is 4. The second-order valence-corrected chi connectivity index (χ2v) is 7.06. The number of pyridine rings is 1. The second kappa shape index (κ2) is 7.16. The summed E-state index contributed by atoms with van der Waals surface area (Å²) in [6.45, 7) is 10.5. The first kappa shape index (κ1) is 16.7. The van der Waals surface area contributed by atoms with Gasteiger partial charge in [-0.05, 0) is 31.5 Å². The molecule has 2 bridgehead atoms. The summed E-state index contributed by atoms with van der Waals surface area (Å²) in [4.78, 5) is 16.7. The van der Waals surface area contributed by atoms with Crippen LogP contribution in [0, 0.1) is 5.92 Å². The maximum Gasteiger partial charge on any atom is 0.250 e. The van der Waals surface area contributed by atoms with Crippen molar-refractivity contribution in [3.05, 3.63) is 34.2 Å². The van der Waals surface area contributed by atoms with E-state index in [-0.39, 0.29) is 11.7 Å². The van der Waals surface area contributed by atoms with Crippen LogP contribution in [0.4, 0.5) is 0 Å². The topological polar surface area (TPSA) is 48.7 Å². The lowest BCUT2D eigenvalue weighted by molar-refractivity contribution is 0.0444. The third kappa shape index (κ3) is 3.67. The first-order chi connectivity index (χ1) is 11.1. The van der Waals surface area contributed by atoms with Gasteiger partial charge < -0.3 is 14.6 Å². The van der Waals surface area contributed by atoms with Crippen LogP contribution in [0.15, 0.2) is 23.0 Å². The van der Waals surface area contributed by atoms with Crippen LogP contribution in [0.3, 0.4) is 0 Å². The van der Waals surface area contributed by atoms with Gasteiger partial charge in [-0.25, -0.2) is 0 Å². The third-order valence-corrected chi connectivity index (χ3v) is 5.39. The van der Waals surface area contributed by atoms with Gasteiger partial charge in [-0.1, -0.05) is 19.9 Å². The van der Waals surface area contributed by atoms with Crippen molar-refractivity contribution in [2.75, 3.05) is 39.3 Å². The van der Waals surface area contributed by atoms with Crippen molar-refractivity contribution in [1.82, 2.24) is 14.4 Å². The van der Waals surface area contributed by atoms with Gasteiger partial charge in [0.15, 0.2) is 0 Å². The highest BCUT2D eigenvalue weighted by Crippen LogP contribution is 2.34. The Morgan fingerprint density at radius 3 is 2.78 bits per heavy atom. The molecule has 3 heterocycles. The monoisotopic (exact) mass is 319 g/mol. The lowest BCUT2D eigenvalue weighted by atomic mass is 9.83. The third-order valence-electron chi connectivity index (χ3n) is 5.39. The van der Waals surface area contributed by atoms with Gasteiger partial charge in [0.1, 0.15) is 0 Å². The van der Waals surface area contributed by atoms with Gasteiger partial charge in [-0.2, -0.15) is 0 Å². The molecule has 23 heavy (non-hydrogen) atoms. The average molecular weight is 319 g/mol. The van der Waals surface area contributed by atoms with Crippen molar-refractivity contribution in [1.29, 1.82) is 0 Å². The molecule has 0 amide bonds. The molecule has 3 atom stereocenters. The normalized spacial score (nSPS) is 25.4. The summed E-state index contributed by atoms with van der Waals surface area (Å²) in [5.41, 5.74) is 1.31. The van der Waals surface area contributed by atoms with E-state index in [2.05, 4.69) is 29.7 Å². The fourth-order valence-electron chi connectivity index (χ4n) is 4.28. The Bertz CT molecular complexity index is 582. The minimum atomic E-state index is -0.299. The van der Waals surface area contributed by atoms with E-state index in [0.717, 1.165) is 45.8 Å². The van der Waals surface area contributed by atoms with Crippen LogP contribution in [0.5, 0.6) is 0 Å². The summed E-state index contributed by atoms with van der Waals surface area (Å²) >= 11 is 0. The van der Waals surface area contributed by atoms with Crippen LogP contribution in [-0.4, -0.2) is 64.8 Å². The molecule has 0 aromatic carbocycles. The van der Waals surface area contributed by atoms with Crippen molar-refractivity contribution in [2.45, 2.75) is 38.8 Å². The molecular formula is C18H29N3O2. The quantitative estimate of drug-likeness (QED) is 0.849. The van der Waals surface area contributed by atoms with Crippen molar-refractivity contribution < 1.29 is 5.11 Å². The number of hydrogen-bond donors (Lipinski definition) is 1. The lowest BCUT2D eigenvalue weighted by Crippen LogP contribution is -2.50. The van der Waals surface area contributed by atoms with Gasteiger partial charge in [-0.3, -0.25) is 9.69 Å². The van der Waals surface area contributed by atoms with Crippen LogP contribution >= 0.6 is 0 Å². The van der Waals surface area contributed by atoms with Crippen molar-refractivity contribution in [3.63, 3.8) is 0 Å². The molecule has 128 valence electrons. The maximum absolute atomic E-state index is 12.0. The predicted octanol–water partition coefficient (Wildman–Crippen LogP) is 0.970. The first-order valence-electron chi connectivity index (χ1n) is 8.93. The number of aliphatic hydroxyl groups excluding tert-OH is 1. The summed E-state index contributed by atoms with van der Waals surface area (Å²) in [6.07, 6.45) is 0.873. The van der Waals surface area contributed by atoms with E-state index >= 15 is 0 Å². The molecule has 2 aliphatic heterocycles. The molecule has 5 nitrogen and oxygen atoms in total. The molecule has 0 saturated carbocycles. The van der Waals surface area contributed by atoms with E-state index in [1.165, 1.54) is 12.1 Å². The predicted molar refractivity (Wildman–Crippen MR) is 91.8 cm³/mol. The summed E-state index contributed by atoms with van der Waals surface area (Å²) in [7, 11) is 0. The Balaban J connectivity index is 1.65. The molecule has 2 unspecified atom stereocenters. The average Bonchev–Trinajstić information content (AvgIpc) is 2.53. The van der Waals surface area contributed by atoms with Crippen LogP contribution in [0.2, 0.25) is 0 Å². The molecule has 1 aromatic heterocycles. The molecule has 1 aromatic rings. The van der Waals surface area contributed by atoms with E-state index in [9.17, 15) is 9.90 Å². The lowest BCUT2D eigenvalue weighted by Gasteiger charge is -2.43. The van der Waals surface area contributed by atoms with Crippen LogP contribution < -0.4 is 5.56 Å². The highest BCUT2D eigenvalue weighted by molar-refractivity contribution is 5.16. The summed E-state index contributed by atoms with van der Waals surface area (Å²) in [6, 6.07) is 5.64. The molecule has 3 rings (SSSR count). The largest absolute Gasteiger partial charge is 0.390 e. The summed E-state index contributed by atoms with van der Waals surface area (Å²) in [5, 5.41) is 10.4. The molecule has 5 heteroatoms. The van der Waals surface area contributed by atoms with Crippen LogP contribution in [0.25, 0.3) is 0 Å². The van der Waals surface area contributed by atoms with Gasteiger partial charge in [0.05, 0.1) is 6.10 Å². The minimum Gasteiger partial charge on any atom is -0.390 e. The highest BCUT2D eigenvalue weighted by Gasteiger charge is 2.34. The first-order valence-corrected chi connectivity index (χ1v) is 8.93. The van der Waals surface area contributed by atoms with E-state index in [0.29, 0.717) is 11.8 Å². The fourth-order valence-corrected chi connectivity index (χ4v) is 4.28. The molecule has 0 aliphatic carbocycles. The molecule has 2 aliphatic rings. The summed E-state index contributed by atoms with van der Waals surface area (Å²) in [5.74, 6) is 0.957. The van der Waals surface area contributed by atoms with Crippen LogP contribution in [0.1, 0.15) is 31.9 Å². The zero-order chi connectivity index (χ0) is 16.4. The Kier molecular flexibility index (Phi) is 5.19. The van der Waals surface area contributed by atoms with Crippen molar-refractivity contribution in [3.8, 4) is 0 Å². The summed E-state index contributed by atoms with van der Waals surface area (Å²) < 4.78 is 1.96. The Morgan fingerprint density at radius 1 is 1.26 bits per heavy atom. The van der Waals surface area contributed by atoms with E-state index in [4.69, 9.17) is 0 Å². The van der Waals surface area contributed by atoms with E-state index < -0.39 is 0 Å².